The first-order valence-corrected chi connectivity index (χ1v) is 10.8. The van der Waals surface area contributed by atoms with Crippen LogP contribution < -0.4 is 10.0 Å². The molecule has 2 N–H and O–H groups in total. The van der Waals surface area contributed by atoms with Crippen molar-refractivity contribution in [1.29, 1.82) is 0 Å². The molecule has 2 aromatic carbocycles. The van der Waals surface area contributed by atoms with Crippen molar-refractivity contribution < 1.29 is 13.2 Å². The van der Waals surface area contributed by atoms with E-state index in [-0.39, 0.29) is 22.2 Å². The molecule has 1 aliphatic carbocycles. The van der Waals surface area contributed by atoms with Gasteiger partial charge in [-0.3, -0.25) is 9.52 Å². The Morgan fingerprint density at radius 1 is 1.21 bits per heavy atom. The summed E-state index contributed by atoms with van der Waals surface area (Å²) < 4.78 is 30.2. The number of halogens is 1. The second-order valence-electron chi connectivity index (χ2n) is 7.03. The Labute approximate surface area is 171 Å². The van der Waals surface area contributed by atoms with Crippen molar-refractivity contribution in [3.63, 3.8) is 0 Å². The molecule has 29 heavy (non-hydrogen) atoms. The van der Waals surface area contributed by atoms with Crippen LogP contribution in [0, 0.1) is 0 Å². The molecule has 0 radical (unpaired) electrons. The zero-order chi connectivity index (χ0) is 20.2. The minimum Gasteiger partial charge on any atom is -0.325 e. The summed E-state index contributed by atoms with van der Waals surface area (Å²) in [6.07, 6.45) is 2.17. The molecule has 1 aliphatic heterocycles. The maximum Gasteiger partial charge on any atom is 0.263 e. The summed E-state index contributed by atoms with van der Waals surface area (Å²) in [4.78, 5) is 11.5. The molecular weight excluding hydrogens is 416 g/mol. The summed E-state index contributed by atoms with van der Waals surface area (Å²) in [7, 11) is -3.96. The zero-order valence-electron chi connectivity index (χ0n) is 15.0. The van der Waals surface area contributed by atoms with E-state index in [0.29, 0.717) is 34.4 Å². The highest BCUT2D eigenvalue weighted by atomic mass is 35.5. The number of hydrogen-bond acceptors (Lipinski definition) is 6. The average molecular weight is 431 g/mol. The number of nitrogens with zero attached hydrogens (tertiary/aromatic N) is 4. The molecule has 0 spiro atoms. The zero-order valence-corrected chi connectivity index (χ0v) is 16.5. The normalized spacial score (nSPS) is 15.8. The number of carbonyl (C=O) groups excluding carboxylic acids is 1. The van der Waals surface area contributed by atoms with Gasteiger partial charge in [0.15, 0.2) is 5.82 Å². The molecule has 1 fully saturated rings. The number of benzene rings is 2. The van der Waals surface area contributed by atoms with Crippen LogP contribution in [0.3, 0.4) is 0 Å². The van der Waals surface area contributed by atoms with E-state index in [1.807, 2.05) is 6.07 Å². The van der Waals surface area contributed by atoms with Crippen molar-refractivity contribution in [2.45, 2.75) is 30.2 Å². The van der Waals surface area contributed by atoms with Gasteiger partial charge in [-0.15, -0.1) is 5.10 Å². The Morgan fingerprint density at radius 3 is 2.83 bits per heavy atom. The van der Waals surface area contributed by atoms with Crippen molar-refractivity contribution in [3.05, 3.63) is 47.0 Å². The van der Waals surface area contributed by atoms with Crippen molar-refractivity contribution in [2.24, 2.45) is 0 Å². The van der Waals surface area contributed by atoms with Crippen LogP contribution in [0.5, 0.6) is 0 Å². The van der Waals surface area contributed by atoms with Gasteiger partial charge in [-0.1, -0.05) is 23.7 Å². The average Bonchev–Trinajstić information content (AvgIpc) is 3.27. The van der Waals surface area contributed by atoms with Crippen LogP contribution in [0.15, 0.2) is 41.3 Å². The molecule has 0 atom stereocenters. The minimum atomic E-state index is -3.96. The first-order chi connectivity index (χ1) is 13.9. The lowest BCUT2D eigenvalue weighted by Crippen LogP contribution is -2.14. The molecule has 1 amide bonds. The molecule has 0 unspecified atom stereocenters. The summed E-state index contributed by atoms with van der Waals surface area (Å²) in [5.41, 5.74) is 2.19. The summed E-state index contributed by atoms with van der Waals surface area (Å²) >= 11 is 6.18. The van der Waals surface area contributed by atoms with E-state index in [4.69, 9.17) is 11.6 Å². The van der Waals surface area contributed by atoms with Gasteiger partial charge in [0, 0.05) is 16.9 Å². The van der Waals surface area contributed by atoms with Crippen LogP contribution in [0.25, 0.3) is 11.4 Å². The number of aromatic nitrogens is 4. The summed E-state index contributed by atoms with van der Waals surface area (Å²) in [6.45, 7) is 0. The number of sulfonamides is 1. The summed E-state index contributed by atoms with van der Waals surface area (Å²) in [5, 5.41) is 14.5. The second kappa shape index (κ2) is 6.53. The second-order valence-corrected chi connectivity index (χ2v) is 9.09. The van der Waals surface area contributed by atoms with Gasteiger partial charge >= 0.3 is 0 Å². The molecule has 3 aromatic rings. The third kappa shape index (κ3) is 3.34. The van der Waals surface area contributed by atoms with Gasteiger partial charge in [-0.2, -0.15) is 0 Å². The standard InChI is InChI=1S/C18H15ClN6O3S/c19-14-9-15-11(8-17(26)20-15)7-16(14)29(27,28)22-12-3-1-2-10(6-12)18-21-23-24-25(18)13-4-5-13/h1-3,6-7,9,13,22H,4-5,8H2,(H,20,26). The van der Waals surface area contributed by atoms with Crippen LogP contribution in [0.2, 0.25) is 5.02 Å². The lowest BCUT2D eigenvalue weighted by molar-refractivity contribution is -0.115. The summed E-state index contributed by atoms with van der Waals surface area (Å²) in [5.74, 6) is 0.397. The van der Waals surface area contributed by atoms with E-state index < -0.39 is 10.0 Å². The third-order valence-corrected chi connectivity index (χ3v) is 6.68. The number of nitrogens with one attached hydrogen (secondary N) is 2. The number of fused-ring (bicyclic) bond motifs is 1. The molecule has 5 rings (SSSR count). The topological polar surface area (TPSA) is 119 Å². The number of tetrazole rings is 1. The van der Waals surface area contributed by atoms with Crippen molar-refractivity contribution in [3.8, 4) is 11.4 Å². The van der Waals surface area contributed by atoms with E-state index >= 15 is 0 Å². The molecule has 2 aliphatic rings. The number of hydrogen-bond donors (Lipinski definition) is 2. The molecule has 0 saturated heterocycles. The van der Waals surface area contributed by atoms with Crippen LogP contribution in [-0.2, 0) is 21.2 Å². The van der Waals surface area contributed by atoms with Crippen molar-refractivity contribution in [1.82, 2.24) is 20.2 Å². The Hall–Kier alpha value is -2.98. The smallest absolute Gasteiger partial charge is 0.263 e. The van der Waals surface area contributed by atoms with Gasteiger partial charge in [0.2, 0.25) is 5.91 Å². The molecule has 11 heteroatoms. The molecule has 1 aromatic heterocycles. The fourth-order valence-corrected chi connectivity index (χ4v) is 4.94. The van der Waals surface area contributed by atoms with Gasteiger partial charge in [-0.25, -0.2) is 13.1 Å². The lowest BCUT2D eigenvalue weighted by Gasteiger charge is -2.12. The number of anilines is 2. The molecule has 9 nitrogen and oxygen atoms in total. The lowest BCUT2D eigenvalue weighted by atomic mass is 10.2. The van der Waals surface area contributed by atoms with Crippen LogP contribution in [-0.4, -0.2) is 34.5 Å². The highest BCUT2D eigenvalue weighted by Gasteiger charge is 2.29. The molecular formula is C18H15ClN6O3S. The quantitative estimate of drug-likeness (QED) is 0.642. The van der Waals surface area contributed by atoms with Crippen LogP contribution in [0.4, 0.5) is 11.4 Å². The maximum atomic E-state index is 12.9. The highest BCUT2D eigenvalue weighted by molar-refractivity contribution is 7.92. The largest absolute Gasteiger partial charge is 0.325 e. The van der Waals surface area contributed by atoms with E-state index in [2.05, 4.69) is 25.6 Å². The minimum absolute atomic E-state index is 0.0345. The Kier molecular flexibility index (Phi) is 4.07. The Bertz CT molecular complexity index is 1250. The predicted molar refractivity (Wildman–Crippen MR) is 106 cm³/mol. The molecule has 0 bridgehead atoms. The third-order valence-electron chi connectivity index (χ3n) is 4.83. The SMILES string of the molecule is O=C1Cc2cc(S(=O)(=O)Nc3cccc(-c4nnnn4C4CC4)c3)c(Cl)cc2N1. The number of amides is 1. The summed E-state index contributed by atoms with van der Waals surface area (Å²) in [6, 6.07) is 10.0. The van der Waals surface area contributed by atoms with E-state index in [0.717, 1.165) is 12.8 Å². The first kappa shape index (κ1) is 18.1. The van der Waals surface area contributed by atoms with Crippen molar-refractivity contribution in [2.75, 3.05) is 10.0 Å². The van der Waals surface area contributed by atoms with Gasteiger partial charge in [0.1, 0.15) is 4.90 Å². The van der Waals surface area contributed by atoms with E-state index in [1.54, 1.807) is 22.9 Å². The predicted octanol–water partition coefficient (Wildman–Crippen LogP) is 2.62. The van der Waals surface area contributed by atoms with Gasteiger partial charge in [-0.05, 0) is 53.1 Å². The van der Waals surface area contributed by atoms with E-state index in [1.165, 1.54) is 12.1 Å². The Balaban J connectivity index is 1.47. The van der Waals surface area contributed by atoms with Crippen molar-refractivity contribution >= 4 is 38.9 Å². The van der Waals surface area contributed by atoms with E-state index in [9.17, 15) is 13.2 Å². The Morgan fingerprint density at radius 2 is 2.03 bits per heavy atom. The van der Waals surface area contributed by atoms with Gasteiger partial charge < -0.3 is 5.32 Å². The monoisotopic (exact) mass is 430 g/mol. The number of rotatable bonds is 5. The molecule has 1 saturated carbocycles. The first-order valence-electron chi connectivity index (χ1n) is 8.94. The maximum absolute atomic E-state index is 12.9. The highest BCUT2D eigenvalue weighted by Crippen LogP contribution is 2.37. The number of carbonyl (C=O) groups is 1. The van der Waals surface area contributed by atoms with Gasteiger partial charge in [0.25, 0.3) is 10.0 Å². The molecule has 148 valence electrons. The van der Waals surface area contributed by atoms with Gasteiger partial charge in [0.05, 0.1) is 17.5 Å². The fourth-order valence-electron chi connectivity index (χ4n) is 3.31. The van der Waals surface area contributed by atoms with Crippen LogP contribution >= 0.6 is 11.6 Å². The molecule has 2 heterocycles. The van der Waals surface area contributed by atoms with Crippen LogP contribution in [0.1, 0.15) is 24.4 Å². The fraction of sp³-hybridized carbons (Fsp3) is 0.222.